The van der Waals surface area contributed by atoms with E-state index in [0.717, 1.165) is 29.6 Å². The molecule has 2 heterocycles. The lowest BCUT2D eigenvalue weighted by atomic mass is 10.00. The topological polar surface area (TPSA) is 35.7 Å². The highest BCUT2D eigenvalue weighted by atomic mass is 32.2. The highest BCUT2D eigenvalue weighted by molar-refractivity contribution is 8.14. The van der Waals surface area contributed by atoms with Crippen LogP contribution in [-0.4, -0.2) is 40.3 Å². The predicted molar refractivity (Wildman–Crippen MR) is 98.0 cm³/mol. The molecule has 0 fully saturated rings. The standard InChI is InChI=1S/C19H19F2N2O2S/c20-17(21)25-16-10-5-4-9-15(16)19(24)13-22-11-6-12-26-18(22)23(19)14-7-2-1-3-8-14/h1-5,7-10,17,24H,6,11-13H2/q+1. The molecular formula is C19H19F2N2O2S+. The van der Waals surface area contributed by atoms with Crippen LogP contribution in [-0.2, 0) is 5.72 Å². The molecule has 4 nitrogen and oxygen atoms in total. The Kier molecular flexibility index (Phi) is 4.58. The molecule has 0 spiro atoms. The number of benzene rings is 2. The largest absolute Gasteiger partial charge is 0.434 e. The fourth-order valence-corrected chi connectivity index (χ4v) is 4.74. The molecule has 2 aliphatic heterocycles. The molecule has 2 aromatic carbocycles. The summed E-state index contributed by atoms with van der Waals surface area (Å²) in [7, 11) is 0. The summed E-state index contributed by atoms with van der Waals surface area (Å²) in [5, 5.41) is 12.7. The van der Waals surface area contributed by atoms with Crippen molar-refractivity contribution in [2.75, 3.05) is 23.7 Å². The van der Waals surface area contributed by atoms with Crippen molar-refractivity contribution in [3.63, 3.8) is 0 Å². The van der Waals surface area contributed by atoms with Crippen molar-refractivity contribution in [1.82, 2.24) is 0 Å². The second-order valence-electron chi connectivity index (χ2n) is 6.27. The molecule has 2 aliphatic rings. The average molecular weight is 377 g/mol. The number of halogens is 2. The van der Waals surface area contributed by atoms with Gasteiger partial charge in [0.25, 0.3) is 5.72 Å². The zero-order valence-corrected chi connectivity index (χ0v) is 14.8. The number of rotatable bonds is 4. The smallest absolute Gasteiger partial charge is 0.387 e. The van der Waals surface area contributed by atoms with Crippen LogP contribution >= 0.6 is 11.8 Å². The minimum absolute atomic E-state index is 0.00335. The first-order valence-electron chi connectivity index (χ1n) is 8.46. The summed E-state index contributed by atoms with van der Waals surface area (Å²) in [6.07, 6.45) is 1.02. The van der Waals surface area contributed by atoms with Crippen molar-refractivity contribution in [2.45, 2.75) is 18.8 Å². The van der Waals surface area contributed by atoms with E-state index >= 15 is 0 Å². The van der Waals surface area contributed by atoms with Gasteiger partial charge in [0.15, 0.2) is 6.54 Å². The lowest BCUT2D eigenvalue weighted by Crippen LogP contribution is -2.47. The summed E-state index contributed by atoms with van der Waals surface area (Å²) >= 11 is 1.67. The van der Waals surface area contributed by atoms with Crippen molar-refractivity contribution < 1.29 is 23.2 Å². The fraction of sp³-hybridized carbons (Fsp3) is 0.316. The molecule has 0 amide bonds. The van der Waals surface area contributed by atoms with Gasteiger partial charge in [-0.05, 0) is 42.4 Å². The van der Waals surface area contributed by atoms with Crippen LogP contribution < -0.4 is 9.64 Å². The molecule has 0 aromatic heterocycles. The quantitative estimate of drug-likeness (QED) is 0.828. The molecule has 4 rings (SSSR count). The van der Waals surface area contributed by atoms with Gasteiger partial charge >= 0.3 is 11.8 Å². The summed E-state index contributed by atoms with van der Waals surface area (Å²) in [5.41, 5.74) is -0.333. The number of nitrogens with zero attached hydrogens (tertiary/aromatic N) is 2. The fourth-order valence-electron chi connectivity index (χ4n) is 3.56. The van der Waals surface area contributed by atoms with Gasteiger partial charge < -0.3 is 9.84 Å². The SMILES string of the molecule is OC1(c2ccccc2OC(F)F)C[N+]2=C(SCCC2)N1c1ccccc1. The van der Waals surface area contributed by atoms with E-state index in [9.17, 15) is 13.9 Å². The van der Waals surface area contributed by atoms with Crippen molar-refractivity contribution in [1.29, 1.82) is 0 Å². The van der Waals surface area contributed by atoms with Crippen LogP contribution in [0.1, 0.15) is 12.0 Å². The lowest BCUT2D eigenvalue weighted by molar-refractivity contribution is -0.532. The number of para-hydroxylation sites is 2. The first-order chi connectivity index (χ1) is 12.6. The molecule has 2 aromatic rings. The maximum absolute atomic E-state index is 12.9. The van der Waals surface area contributed by atoms with Gasteiger partial charge in [-0.15, -0.1) is 0 Å². The second kappa shape index (κ2) is 6.89. The third-order valence-corrected chi connectivity index (χ3v) is 5.79. The normalized spacial score (nSPS) is 22.7. The molecule has 0 radical (unpaired) electrons. The molecule has 7 heteroatoms. The Morgan fingerprint density at radius 2 is 1.85 bits per heavy atom. The summed E-state index contributed by atoms with van der Waals surface area (Å²) in [4.78, 5) is 1.84. The first kappa shape index (κ1) is 17.3. The predicted octanol–water partition coefficient (Wildman–Crippen LogP) is 3.46. The van der Waals surface area contributed by atoms with Crippen molar-refractivity contribution >= 4 is 22.6 Å². The highest BCUT2D eigenvalue weighted by Gasteiger charge is 2.56. The summed E-state index contributed by atoms with van der Waals surface area (Å²) in [6.45, 7) is -1.82. The molecule has 0 saturated heterocycles. The summed E-state index contributed by atoms with van der Waals surface area (Å²) < 4.78 is 32.6. The first-order valence-corrected chi connectivity index (χ1v) is 9.45. The van der Waals surface area contributed by atoms with Gasteiger partial charge in [-0.2, -0.15) is 13.7 Å². The van der Waals surface area contributed by atoms with E-state index in [4.69, 9.17) is 4.74 Å². The number of ether oxygens (including phenoxy) is 1. The maximum atomic E-state index is 12.9. The minimum atomic E-state index is -2.95. The highest BCUT2D eigenvalue weighted by Crippen LogP contribution is 2.42. The van der Waals surface area contributed by atoms with Gasteiger partial charge in [0.05, 0.1) is 12.1 Å². The summed E-state index contributed by atoms with van der Waals surface area (Å²) in [6, 6.07) is 16.0. The van der Waals surface area contributed by atoms with E-state index in [-0.39, 0.29) is 5.75 Å². The Balaban J connectivity index is 1.84. The molecule has 136 valence electrons. The second-order valence-corrected chi connectivity index (χ2v) is 7.33. The number of thioether (sulfide) groups is 1. The van der Waals surface area contributed by atoms with Gasteiger partial charge in [0, 0.05) is 5.75 Å². The van der Waals surface area contributed by atoms with Crippen LogP contribution in [0.2, 0.25) is 0 Å². The van der Waals surface area contributed by atoms with Crippen LogP contribution in [0.15, 0.2) is 54.6 Å². The molecule has 1 unspecified atom stereocenters. The zero-order chi connectivity index (χ0) is 18.1. The Morgan fingerprint density at radius 3 is 2.62 bits per heavy atom. The molecular weight excluding hydrogens is 358 g/mol. The average Bonchev–Trinajstić information content (AvgIpc) is 2.95. The van der Waals surface area contributed by atoms with Crippen molar-refractivity contribution in [3.8, 4) is 5.75 Å². The Bertz CT molecular complexity index is 831. The van der Waals surface area contributed by atoms with Crippen LogP contribution in [0.3, 0.4) is 0 Å². The van der Waals surface area contributed by atoms with Crippen LogP contribution in [0.25, 0.3) is 0 Å². The van der Waals surface area contributed by atoms with Gasteiger partial charge in [0.1, 0.15) is 11.4 Å². The molecule has 0 aliphatic carbocycles. The molecule has 1 atom stereocenters. The maximum Gasteiger partial charge on any atom is 0.387 e. The van der Waals surface area contributed by atoms with Crippen LogP contribution in [0.5, 0.6) is 5.75 Å². The van der Waals surface area contributed by atoms with Gasteiger partial charge in [-0.25, -0.2) is 4.58 Å². The number of aliphatic hydroxyl groups is 1. The third-order valence-electron chi connectivity index (χ3n) is 4.60. The molecule has 0 bridgehead atoms. The number of anilines is 1. The minimum Gasteiger partial charge on any atom is -0.434 e. The number of hydrogen-bond donors (Lipinski definition) is 1. The lowest BCUT2D eigenvalue weighted by Gasteiger charge is -2.29. The van der Waals surface area contributed by atoms with E-state index in [1.807, 2.05) is 35.2 Å². The Morgan fingerprint density at radius 1 is 1.12 bits per heavy atom. The van der Waals surface area contributed by atoms with E-state index < -0.39 is 12.3 Å². The monoisotopic (exact) mass is 377 g/mol. The van der Waals surface area contributed by atoms with E-state index in [1.54, 1.807) is 30.0 Å². The Hall–Kier alpha value is -2.12. The van der Waals surface area contributed by atoms with E-state index in [0.29, 0.717) is 12.1 Å². The van der Waals surface area contributed by atoms with E-state index in [1.165, 1.54) is 6.07 Å². The Labute approximate surface area is 154 Å². The van der Waals surface area contributed by atoms with Crippen molar-refractivity contribution in [2.24, 2.45) is 0 Å². The van der Waals surface area contributed by atoms with Crippen LogP contribution in [0.4, 0.5) is 14.5 Å². The zero-order valence-electron chi connectivity index (χ0n) is 14.0. The van der Waals surface area contributed by atoms with Crippen molar-refractivity contribution in [3.05, 3.63) is 60.2 Å². The summed E-state index contributed by atoms with van der Waals surface area (Å²) in [5.74, 6) is 0.955. The molecule has 0 saturated carbocycles. The molecule has 26 heavy (non-hydrogen) atoms. The number of alkyl halides is 2. The number of amidine groups is 1. The van der Waals surface area contributed by atoms with E-state index in [2.05, 4.69) is 4.58 Å². The third kappa shape index (κ3) is 2.95. The van der Waals surface area contributed by atoms with Gasteiger partial charge in [0.2, 0.25) is 0 Å². The molecule has 1 N–H and O–H groups in total. The van der Waals surface area contributed by atoms with Gasteiger partial charge in [-0.1, -0.05) is 30.3 Å². The van der Waals surface area contributed by atoms with Gasteiger partial charge in [-0.3, -0.25) is 0 Å². The van der Waals surface area contributed by atoms with Crippen LogP contribution in [0, 0.1) is 0 Å². The number of hydrogen-bond acceptors (Lipinski definition) is 4.